The van der Waals surface area contributed by atoms with Crippen molar-refractivity contribution in [2.45, 2.75) is 57.8 Å². The first-order chi connectivity index (χ1) is 10.3. The summed E-state index contributed by atoms with van der Waals surface area (Å²) in [5, 5.41) is 10.4. The summed E-state index contributed by atoms with van der Waals surface area (Å²) in [5.74, 6) is 2.83. The van der Waals surface area contributed by atoms with Crippen LogP contribution in [-0.4, -0.2) is 22.6 Å². The van der Waals surface area contributed by atoms with Gasteiger partial charge >= 0.3 is 0 Å². The third kappa shape index (κ3) is 2.49. The summed E-state index contributed by atoms with van der Waals surface area (Å²) in [5.41, 5.74) is 3.00. The Kier molecular flexibility index (Phi) is 3.48. The maximum absolute atomic E-state index is 12.3. The molecule has 0 spiro atoms. The highest BCUT2D eigenvalue weighted by Crippen LogP contribution is 2.49. The third-order valence-corrected chi connectivity index (χ3v) is 5.96. The number of H-pyrrole nitrogens is 1. The van der Waals surface area contributed by atoms with Gasteiger partial charge in [0.15, 0.2) is 5.69 Å². The summed E-state index contributed by atoms with van der Waals surface area (Å²) in [6.07, 6.45) is 11.3. The number of aromatic amines is 1. The summed E-state index contributed by atoms with van der Waals surface area (Å²) >= 11 is 0. The molecule has 4 rings (SSSR count). The quantitative estimate of drug-likeness (QED) is 0.894. The molecule has 3 atom stereocenters. The van der Waals surface area contributed by atoms with Gasteiger partial charge in [0.2, 0.25) is 0 Å². The van der Waals surface area contributed by atoms with Gasteiger partial charge in [-0.25, -0.2) is 0 Å². The average Bonchev–Trinajstić information content (AvgIpc) is 3.21. The van der Waals surface area contributed by atoms with Crippen LogP contribution in [0.25, 0.3) is 0 Å². The number of nitrogens with zero attached hydrogens (tertiary/aromatic N) is 1. The SMILES string of the molecule is O=C(NCCC1CC2CCC1C2)c1n[nH]c2c1CCCC2. The summed E-state index contributed by atoms with van der Waals surface area (Å²) in [7, 11) is 0. The minimum Gasteiger partial charge on any atom is -0.351 e. The van der Waals surface area contributed by atoms with Gasteiger partial charge in [0.25, 0.3) is 5.91 Å². The molecule has 0 radical (unpaired) electrons. The Balaban J connectivity index is 1.31. The first kappa shape index (κ1) is 13.4. The van der Waals surface area contributed by atoms with Gasteiger partial charge in [-0.2, -0.15) is 5.10 Å². The van der Waals surface area contributed by atoms with Crippen molar-refractivity contribution in [1.29, 1.82) is 0 Å². The number of carbonyl (C=O) groups excluding carboxylic acids is 1. The zero-order valence-corrected chi connectivity index (χ0v) is 12.7. The molecule has 3 aliphatic rings. The lowest BCUT2D eigenvalue weighted by Gasteiger charge is -2.21. The van der Waals surface area contributed by atoms with E-state index in [0.29, 0.717) is 5.69 Å². The van der Waals surface area contributed by atoms with Gasteiger partial charge in [-0.15, -0.1) is 0 Å². The molecule has 0 saturated heterocycles. The van der Waals surface area contributed by atoms with Crippen LogP contribution in [0.4, 0.5) is 0 Å². The van der Waals surface area contributed by atoms with Gasteiger partial charge in [0, 0.05) is 17.8 Å². The number of amides is 1. The van der Waals surface area contributed by atoms with Crippen LogP contribution >= 0.6 is 0 Å². The summed E-state index contributed by atoms with van der Waals surface area (Å²) in [4.78, 5) is 12.3. The van der Waals surface area contributed by atoms with E-state index in [1.807, 2.05) is 0 Å². The lowest BCUT2D eigenvalue weighted by Crippen LogP contribution is -2.28. The van der Waals surface area contributed by atoms with Gasteiger partial charge in [-0.05, 0) is 69.1 Å². The van der Waals surface area contributed by atoms with Gasteiger partial charge in [0.05, 0.1) is 0 Å². The van der Waals surface area contributed by atoms with Crippen molar-refractivity contribution in [3.05, 3.63) is 17.0 Å². The second-order valence-corrected chi connectivity index (χ2v) is 7.22. The van der Waals surface area contributed by atoms with Crippen molar-refractivity contribution >= 4 is 5.91 Å². The topological polar surface area (TPSA) is 57.8 Å². The first-order valence-corrected chi connectivity index (χ1v) is 8.65. The molecule has 1 heterocycles. The molecule has 3 aliphatic carbocycles. The molecule has 3 unspecified atom stereocenters. The van der Waals surface area contributed by atoms with Gasteiger partial charge in [-0.3, -0.25) is 9.89 Å². The molecule has 2 N–H and O–H groups in total. The van der Waals surface area contributed by atoms with Crippen molar-refractivity contribution in [2.24, 2.45) is 17.8 Å². The highest BCUT2D eigenvalue weighted by atomic mass is 16.1. The molecule has 1 aromatic heterocycles. The Morgan fingerprint density at radius 3 is 2.95 bits per heavy atom. The Morgan fingerprint density at radius 2 is 2.14 bits per heavy atom. The molecule has 2 bridgehead atoms. The number of aromatic nitrogens is 2. The van der Waals surface area contributed by atoms with Gasteiger partial charge in [-0.1, -0.05) is 6.42 Å². The first-order valence-electron chi connectivity index (χ1n) is 8.65. The monoisotopic (exact) mass is 287 g/mol. The van der Waals surface area contributed by atoms with E-state index in [4.69, 9.17) is 0 Å². The normalized spacial score (nSPS) is 30.4. The molecule has 0 aromatic carbocycles. The smallest absolute Gasteiger partial charge is 0.272 e. The minimum atomic E-state index is 0.0255. The maximum atomic E-state index is 12.3. The maximum Gasteiger partial charge on any atom is 0.272 e. The van der Waals surface area contributed by atoms with Crippen LogP contribution in [0.15, 0.2) is 0 Å². The second-order valence-electron chi connectivity index (χ2n) is 7.22. The Labute approximate surface area is 126 Å². The molecule has 1 amide bonds. The molecule has 21 heavy (non-hydrogen) atoms. The van der Waals surface area contributed by atoms with Crippen molar-refractivity contribution in [3.8, 4) is 0 Å². The number of fused-ring (bicyclic) bond motifs is 3. The Morgan fingerprint density at radius 1 is 1.24 bits per heavy atom. The van der Waals surface area contributed by atoms with Crippen LogP contribution in [0.2, 0.25) is 0 Å². The van der Waals surface area contributed by atoms with E-state index in [2.05, 4.69) is 15.5 Å². The number of rotatable bonds is 4. The van der Waals surface area contributed by atoms with E-state index in [1.165, 1.54) is 49.8 Å². The van der Waals surface area contributed by atoms with Crippen molar-refractivity contribution < 1.29 is 4.79 Å². The van der Waals surface area contributed by atoms with Gasteiger partial charge < -0.3 is 5.32 Å². The largest absolute Gasteiger partial charge is 0.351 e. The van der Waals surface area contributed by atoms with Crippen LogP contribution in [-0.2, 0) is 12.8 Å². The van der Waals surface area contributed by atoms with Crippen LogP contribution in [0.3, 0.4) is 0 Å². The van der Waals surface area contributed by atoms with E-state index >= 15 is 0 Å². The van der Waals surface area contributed by atoms with Crippen molar-refractivity contribution in [1.82, 2.24) is 15.5 Å². The van der Waals surface area contributed by atoms with Crippen LogP contribution in [0.5, 0.6) is 0 Å². The Hall–Kier alpha value is -1.32. The minimum absolute atomic E-state index is 0.0255. The average molecular weight is 287 g/mol. The standard InChI is InChI=1S/C17H25N3O/c21-17(16-14-3-1-2-4-15(14)19-20-16)18-8-7-13-10-11-5-6-12(13)9-11/h11-13H,1-10H2,(H,18,21)(H,19,20). The molecule has 114 valence electrons. The van der Waals surface area contributed by atoms with Crippen LogP contribution in [0, 0.1) is 17.8 Å². The molecular formula is C17H25N3O. The fourth-order valence-electron chi connectivity index (χ4n) is 4.85. The molecule has 2 fully saturated rings. The highest BCUT2D eigenvalue weighted by Gasteiger charge is 2.38. The molecule has 4 nitrogen and oxygen atoms in total. The van der Waals surface area contributed by atoms with E-state index in [1.54, 1.807) is 0 Å². The molecule has 2 saturated carbocycles. The van der Waals surface area contributed by atoms with Crippen LogP contribution < -0.4 is 5.32 Å². The third-order valence-electron chi connectivity index (χ3n) is 5.96. The van der Waals surface area contributed by atoms with Crippen LogP contribution in [0.1, 0.15) is 66.7 Å². The van der Waals surface area contributed by atoms with E-state index in [0.717, 1.165) is 43.6 Å². The van der Waals surface area contributed by atoms with Gasteiger partial charge in [0.1, 0.15) is 0 Å². The Bertz CT molecular complexity index is 536. The molecule has 0 aliphatic heterocycles. The van der Waals surface area contributed by atoms with E-state index in [-0.39, 0.29) is 5.91 Å². The zero-order valence-electron chi connectivity index (χ0n) is 12.7. The number of aryl methyl sites for hydroxylation is 1. The number of nitrogens with one attached hydrogen (secondary N) is 2. The lowest BCUT2D eigenvalue weighted by molar-refractivity contribution is 0.0943. The van der Waals surface area contributed by atoms with E-state index < -0.39 is 0 Å². The number of carbonyl (C=O) groups is 1. The van der Waals surface area contributed by atoms with Crippen molar-refractivity contribution in [2.75, 3.05) is 6.54 Å². The fourth-order valence-corrected chi connectivity index (χ4v) is 4.85. The van der Waals surface area contributed by atoms with E-state index in [9.17, 15) is 4.79 Å². The van der Waals surface area contributed by atoms with Crippen molar-refractivity contribution in [3.63, 3.8) is 0 Å². The predicted octanol–water partition coefficient (Wildman–Crippen LogP) is 2.84. The predicted molar refractivity (Wildman–Crippen MR) is 81.1 cm³/mol. The summed E-state index contributed by atoms with van der Waals surface area (Å²) < 4.78 is 0. The second kappa shape index (κ2) is 5.47. The summed E-state index contributed by atoms with van der Waals surface area (Å²) in [6, 6.07) is 0. The molecular weight excluding hydrogens is 262 g/mol. The zero-order chi connectivity index (χ0) is 14.2. The number of hydrogen-bond acceptors (Lipinski definition) is 2. The molecule has 4 heteroatoms. The highest BCUT2D eigenvalue weighted by molar-refractivity contribution is 5.94. The number of hydrogen-bond donors (Lipinski definition) is 2. The lowest BCUT2D eigenvalue weighted by atomic mass is 9.86. The molecule has 1 aromatic rings. The fraction of sp³-hybridized carbons (Fsp3) is 0.765. The summed E-state index contributed by atoms with van der Waals surface area (Å²) in [6.45, 7) is 0.814.